The summed E-state index contributed by atoms with van der Waals surface area (Å²) in [4.78, 5) is 12.8. The Kier molecular flexibility index (Phi) is 9.66. The van der Waals surface area contributed by atoms with E-state index in [2.05, 4.69) is 0 Å². The molecule has 0 unspecified atom stereocenters. The van der Waals surface area contributed by atoms with Gasteiger partial charge in [0.05, 0.1) is 0 Å². The van der Waals surface area contributed by atoms with Crippen molar-refractivity contribution >= 4 is 11.8 Å². The molecule has 1 rings (SSSR count). The number of anilines is 1. The Morgan fingerprint density at radius 1 is 0.643 bits per heavy atom. The number of allylic oxidation sites excluding steroid dienone is 1. The fourth-order valence-corrected chi connectivity index (χ4v) is 2.80. The first-order valence-electron chi connectivity index (χ1n) is 10.8. The first-order valence-corrected chi connectivity index (χ1v) is 10.8. The smallest absolute Gasteiger partial charge is 0.443 e. The van der Waals surface area contributed by atoms with Crippen LogP contribution in [-0.2, 0) is 4.74 Å². The molecule has 0 heterocycles. The van der Waals surface area contributed by atoms with E-state index in [1.165, 1.54) is 39.0 Å². The number of rotatable bonds is 10. The van der Waals surface area contributed by atoms with Gasteiger partial charge in [0.2, 0.25) is 0 Å². The van der Waals surface area contributed by atoms with E-state index in [4.69, 9.17) is 4.74 Å². The number of hydrogen-bond acceptors (Lipinski definition) is 2. The predicted molar refractivity (Wildman–Crippen MR) is 110 cm³/mol. The quantitative estimate of drug-likeness (QED) is 0.187. The molecule has 0 aliphatic carbocycles. The Balaban J connectivity index is 3.52. The molecule has 20 heteroatoms. The van der Waals surface area contributed by atoms with Gasteiger partial charge in [0.25, 0.3) is 0 Å². The summed E-state index contributed by atoms with van der Waals surface area (Å²) in [6.45, 7) is 2.64. The van der Waals surface area contributed by atoms with Crippen LogP contribution in [0.2, 0.25) is 0 Å². The number of amides is 1. The maximum absolute atomic E-state index is 14.1. The summed E-state index contributed by atoms with van der Waals surface area (Å²) in [5, 5.41) is 0. The summed E-state index contributed by atoms with van der Waals surface area (Å²) in [7, 11) is 0. The van der Waals surface area contributed by atoms with Gasteiger partial charge in [-0.2, -0.15) is 74.6 Å². The van der Waals surface area contributed by atoms with Gasteiger partial charge in [-0.25, -0.2) is 4.79 Å². The minimum absolute atomic E-state index is 0.212. The molecule has 0 aliphatic heterocycles. The van der Waals surface area contributed by atoms with Crippen molar-refractivity contribution in [1.29, 1.82) is 0 Å². The Hall–Kier alpha value is -2.96. The first kappa shape index (κ1) is 37.1. The highest BCUT2D eigenvalue weighted by molar-refractivity contribution is 5.88. The highest BCUT2D eigenvalue weighted by atomic mass is 19.4. The average Bonchev–Trinajstić information content (AvgIpc) is 2.79. The van der Waals surface area contributed by atoms with Gasteiger partial charge < -0.3 is 4.74 Å². The second-order valence-corrected chi connectivity index (χ2v) is 9.40. The van der Waals surface area contributed by atoms with Gasteiger partial charge in [0.1, 0.15) is 5.60 Å². The Morgan fingerprint density at radius 2 is 1.02 bits per heavy atom. The Morgan fingerprint density at radius 3 is 1.40 bits per heavy atom. The third kappa shape index (κ3) is 6.21. The number of carbonyl (C=O) groups excluding carboxylic acids is 1. The molecule has 0 aromatic heterocycles. The molecule has 3 nitrogen and oxygen atoms in total. The molecule has 0 spiro atoms. The number of halogens is 17. The van der Waals surface area contributed by atoms with Crippen LogP contribution in [0, 0.1) is 0 Å². The molecule has 1 aromatic carbocycles. The summed E-state index contributed by atoms with van der Waals surface area (Å²) < 4.78 is 232. The third-order valence-corrected chi connectivity index (χ3v) is 5.04. The topological polar surface area (TPSA) is 29.5 Å². The molecule has 42 heavy (non-hydrogen) atoms. The van der Waals surface area contributed by atoms with Crippen LogP contribution in [0.1, 0.15) is 20.8 Å². The molecule has 0 bridgehead atoms. The molecule has 242 valence electrons. The summed E-state index contributed by atoms with van der Waals surface area (Å²) in [6.07, 6.45) is -10.8. The van der Waals surface area contributed by atoms with E-state index < -0.39 is 71.9 Å². The van der Waals surface area contributed by atoms with E-state index in [9.17, 15) is 79.4 Å². The van der Waals surface area contributed by atoms with Gasteiger partial charge in [-0.1, -0.05) is 24.3 Å². The lowest BCUT2D eigenvalue weighted by atomic mass is 9.89. The number of carbonyl (C=O) groups is 1. The van der Waals surface area contributed by atoms with E-state index in [0.29, 0.717) is 4.90 Å². The fourth-order valence-electron chi connectivity index (χ4n) is 2.80. The molecule has 0 aliphatic rings. The van der Waals surface area contributed by atoms with Crippen molar-refractivity contribution in [3.8, 4) is 0 Å². The zero-order valence-corrected chi connectivity index (χ0v) is 20.9. The van der Waals surface area contributed by atoms with Gasteiger partial charge in [0.15, 0.2) is 0 Å². The monoisotopic (exact) mass is 651 g/mol. The molecule has 1 aromatic rings. The van der Waals surface area contributed by atoms with Gasteiger partial charge in [0, 0.05) is 12.2 Å². The van der Waals surface area contributed by atoms with Crippen LogP contribution >= 0.6 is 0 Å². The van der Waals surface area contributed by atoms with Crippen LogP contribution in [-0.4, -0.2) is 65.9 Å². The summed E-state index contributed by atoms with van der Waals surface area (Å²) >= 11 is 0. The van der Waals surface area contributed by atoms with E-state index in [0.717, 1.165) is 12.1 Å². The van der Waals surface area contributed by atoms with Crippen LogP contribution in [0.15, 0.2) is 42.5 Å². The lowest BCUT2D eigenvalue weighted by Gasteiger charge is -2.42. The standard InChI is InChI=1S/C22H18F17NO2/c1-14(2,3)42-13(41)40(12-8-5-4-6-9-12)11-7-10-15(23,24)16(25,26)17(27,28)18(29,30)19(31,32)20(33,34)21(35,36)22(37,38)39/h4-10H,11H2,1-3H3. The van der Waals surface area contributed by atoms with Crippen molar-refractivity contribution < 1.29 is 84.2 Å². The lowest BCUT2D eigenvalue weighted by Crippen LogP contribution is -2.74. The Labute approximate surface area is 224 Å². The second-order valence-electron chi connectivity index (χ2n) is 9.40. The normalized spacial score (nSPS) is 15.2. The maximum Gasteiger partial charge on any atom is 0.460 e. The number of para-hydroxylation sites is 1. The minimum Gasteiger partial charge on any atom is -0.443 e. The van der Waals surface area contributed by atoms with E-state index >= 15 is 0 Å². The van der Waals surface area contributed by atoms with Crippen LogP contribution < -0.4 is 4.90 Å². The highest BCUT2D eigenvalue weighted by Gasteiger charge is 2.95. The molecule has 0 atom stereocenters. The number of alkyl halides is 17. The summed E-state index contributed by atoms with van der Waals surface area (Å²) in [5.41, 5.74) is -1.48. The van der Waals surface area contributed by atoms with Crippen molar-refractivity contribution in [1.82, 2.24) is 0 Å². The van der Waals surface area contributed by atoms with E-state index in [1.807, 2.05) is 0 Å². The van der Waals surface area contributed by atoms with Crippen LogP contribution in [0.3, 0.4) is 0 Å². The van der Waals surface area contributed by atoms with Gasteiger partial charge in [-0.3, -0.25) is 4.90 Å². The van der Waals surface area contributed by atoms with Crippen LogP contribution in [0.5, 0.6) is 0 Å². The molecule has 0 saturated heterocycles. The number of ether oxygens (including phenoxy) is 1. The number of nitrogens with zero attached hydrogens (tertiary/aromatic N) is 1. The lowest BCUT2D eigenvalue weighted by molar-refractivity contribution is -0.459. The van der Waals surface area contributed by atoms with Gasteiger partial charge in [-0.15, -0.1) is 0 Å². The SMILES string of the molecule is CC(C)(C)OC(=O)N(CC=CC(F)(F)C(F)(F)C(F)(F)C(F)(F)C(F)(F)C(F)(F)C(F)(F)C(F)(F)F)c1ccccc1. The van der Waals surface area contributed by atoms with E-state index in [1.54, 1.807) is 0 Å². The zero-order chi connectivity index (χ0) is 33.6. The Bertz CT molecular complexity index is 1120. The molecule has 0 fully saturated rings. The molecule has 1 amide bonds. The number of benzene rings is 1. The summed E-state index contributed by atoms with van der Waals surface area (Å²) in [5.74, 6) is -57.1. The van der Waals surface area contributed by atoms with Gasteiger partial charge >= 0.3 is 53.7 Å². The van der Waals surface area contributed by atoms with Crippen molar-refractivity contribution in [2.24, 2.45) is 0 Å². The van der Waals surface area contributed by atoms with Crippen LogP contribution in [0.25, 0.3) is 0 Å². The molecular weight excluding hydrogens is 633 g/mol. The van der Waals surface area contributed by atoms with Crippen molar-refractivity contribution in [2.75, 3.05) is 11.4 Å². The zero-order valence-electron chi connectivity index (χ0n) is 20.9. The molecule has 0 radical (unpaired) electrons. The first-order chi connectivity index (χ1) is 18.3. The molecule has 0 saturated carbocycles. The van der Waals surface area contributed by atoms with Crippen molar-refractivity contribution in [3.05, 3.63) is 42.5 Å². The minimum atomic E-state index is -8.70. The average molecular weight is 651 g/mol. The van der Waals surface area contributed by atoms with Crippen LogP contribution in [0.4, 0.5) is 85.1 Å². The van der Waals surface area contributed by atoms with Crippen molar-refractivity contribution in [2.45, 2.75) is 74.0 Å². The number of hydrogen-bond donors (Lipinski definition) is 0. The third-order valence-electron chi connectivity index (χ3n) is 5.04. The molecular formula is C22H18F17NO2. The summed E-state index contributed by atoms with van der Waals surface area (Å²) in [6, 6.07) is 6.09. The fraction of sp³-hybridized carbons (Fsp3) is 0.591. The van der Waals surface area contributed by atoms with E-state index in [-0.39, 0.29) is 11.8 Å². The molecule has 0 N–H and O–H groups in total. The predicted octanol–water partition coefficient (Wildman–Crippen LogP) is 8.99. The van der Waals surface area contributed by atoms with Crippen molar-refractivity contribution in [3.63, 3.8) is 0 Å². The highest BCUT2D eigenvalue weighted by Crippen LogP contribution is 2.64. The second kappa shape index (κ2) is 10.9. The maximum atomic E-state index is 14.1. The largest absolute Gasteiger partial charge is 0.460 e. The van der Waals surface area contributed by atoms with Gasteiger partial charge in [-0.05, 0) is 39.0 Å².